The Morgan fingerprint density at radius 3 is 3.12 bits per heavy atom. The second-order valence-corrected chi connectivity index (χ2v) is 4.83. The molecule has 2 aromatic rings. The molecule has 1 atom stereocenters. The molecule has 17 heavy (non-hydrogen) atoms. The van der Waals surface area contributed by atoms with Gasteiger partial charge in [-0.2, -0.15) is 5.10 Å². The Morgan fingerprint density at radius 1 is 1.65 bits per heavy atom. The third kappa shape index (κ3) is 2.62. The second-order valence-electron chi connectivity index (χ2n) is 3.85. The van der Waals surface area contributed by atoms with Crippen LogP contribution >= 0.6 is 11.3 Å². The summed E-state index contributed by atoms with van der Waals surface area (Å²) in [7, 11) is 0. The lowest BCUT2D eigenvalue weighted by molar-refractivity contribution is 0.0962. The highest BCUT2D eigenvalue weighted by molar-refractivity contribution is 7.10. The molecule has 0 spiro atoms. The molecule has 0 aliphatic heterocycles. The fraction of sp³-hybridized carbons (Fsp3) is 0.333. The minimum atomic E-state index is -0.575. The number of nitrogens with two attached hydrogens (primary N) is 1. The van der Waals surface area contributed by atoms with Crippen molar-refractivity contribution in [2.24, 2.45) is 5.73 Å². The van der Waals surface area contributed by atoms with Gasteiger partial charge in [0, 0.05) is 17.6 Å². The van der Waals surface area contributed by atoms with Crippen molar-refractivity contribution in [3.63, 3.8) is 0 Å². The highest BCUT2D eigenvalue weighted by Gasteiger charge is 2.19. The first kappa shape index (κ1) is 12.0. The van der Waals surface area contributed by atoms with Crippen LogP contribution in [0, 0.1) is 0 Å². The minimum Gasteiger partial charge on any atom is -0.317 e. The molecular formula is C12H15N3OS. The van der Waals surface area contributed by atoms with Crippen LogP contribution in [-0.2, 0) is 6.54 Å². The molecule has 0 aliphatic carbocycles. The lowest BCUT2D eigenvalue weighted by Crippen LogP contribution is -2.20. The molecule has 0 aliphatic rings. The molecular weight excluding hydrogens is 234 g/mol. The number of hydrogen-bond donors (Lipinski definition) is 1. The van der Waals surface area contributed by atoms with Gasteiger partial charge in [0.25, 0.3) is 0 Å². The van der Waals surface area contributed by atoms with Crippen LogP contribution in [0.15, 0.2) is 29.9 Å². The molecule has 4 nitrogen and oxygen atoms in total. The molecule has 0 aromatic carbocycles. The molecule has 0 saturated heterocycles. The molecule has 0 amide bonds. The monoisotopic (exact) mass is 249 g/mol. The lowest BCUT2D eigenvalue weighted by Gasteiger charge is -2.05. The number of carbonyl (C=O) groups is 1. The third-order valence-corrected chi connectivity index (χ3v) is 3.46. The van der Waals surface area contributed by atoms with Crippen molar-refractivity contribution >= 4 is 17.1 Å². The van der Waals surface area contributed by atoms with E-state index in [2.05, 4.69) is 12.0 Å². The van der Waals surface area contributed by atoms with Crippen molar-refractivity contribution in [1.29, 1.82) is 0 Å². The first-order chi connectivity index (χ1) is 8.22. The van der Waals surface area contributed by atoms with E-state index in [4.69, 9.17) is 5.73 Å². The van der Waals surface area contributed by atoms with Crippen molar-refractivity contribution in [1.82, 2.24) is 9.78 Å². The molecule has 2 N–H and O–H groups in total. The standard InChI is InChI=1S/C12H15N3OS/c1-2-5-15-8-9(7-14-15)12(16)11(13)10-4-3-6-17-10/h3-4,6-8,11H,2,5,13H2,1H3. The Labute approximate surface area is 104 Å². The number of hydrogen-bond acceptors (Lipinski definition) is 4. The van der Waals surface area contributed by atoms with Gasteiger partial charge < -0.3 is 5.73 Å². The Morgan fingerprint density at radius 2 is 2.47 bits per heavy atom. The van der Waals surface area contributed by atoms with Crippen LogP contribution in [0.5, 0.6) is 0 Å². The number of aromatic nitrogens is 2. The summed E-state index contributed by atoms with van der Waals surface area (Å²) >= 11 is 1.50. The summed E-state index contributed by atoms with van der Waals surface area (Å²) in [5.41, 5.74) is 6.50. The zero-order chi connectivity index (χ0) is 12.3. The van der Waals surface area contributed by atoms with Crippen molar-refractivity contribution in [3.05, 3.63) is 40.3 Å². The molecule has 0 radical (unpaired) electrons. The summed E-state index contributed by atoms with van der Waals surface area (Å²) in [5.74, 6) is -0.0743. The smallest absolute Gasteiger partial charge is 0.188 e. The van der Waals surface area contributed by atoms with Crippen LogP contribution < -0.4 is 5.73 Å². The molecule has 5 heteroatoms. The number of nitrogens with zero attached hydrogens (tertiary/aromatic N) is 2. The van der Waals surface area contributed by atoms with Gasteiger partial charge in [-0.25, -0.2) is 0 Å². The fourth-order valence-corrected chi connectivity index (χ4v) is 2.34. The van der Waals surface area contributed by atoms with Gasteiger partial charge in [0.15, 0.2) is 5.78 Å². The van der Waals surface area contributed by atoms with Gasteiger partial charge in [-0.15, -0.1) is 11.3 Å². The number of ketones is 1. The molecule has 90 valence electrons. The van der Waals surface area contributed by atoms with E-state index in [9.17, 15) is 4.79 Å². The van der Waals surface area contributed by atoms with Crippen molar-refractivity contribution in [2.75, 3.05) is 0 Å². The summed E-state index contributed by atoms with van der Waals surface area (Å²) in [6, 6.07) is 3.20. The predicted octanol–water partition coefficient (Wildman–Crippen LogP) is 2.24. The van der Waals surface area contributed by atoms with E-state index in [1.165, 1.54) is 11.3 Å². The van der Waals surface area contributed by atoms with Gasteiger partial charge in [-0.1, -0.05) is 13.0 Å². The van der Waals surface area contributed by atoms with Crippen LogP contribution in [0.25, 0.3) is 0 Å². The van der Waals surface area contributed by atoms with Gasteiger partial charge in [-0.3, -0.25) is 9.48 Å². The lowest BCUT2D eigenvalue weighted by atomic mass is 10.1. The molecule has 0 saturated carbocycles. The Hall–Kier alpha value is -1.46. The van der Waals surface area contributed by atoms with Crippen LogP contribution in [0.1, 0.15) is 34.6 Å². The van der Waals surface area contributed by atoms with E-state index in [1.54, 1.807) is 17.1 Å². The zero-order valence-corrected chi connectivity index (χ0v) is 10.5. The molecule has 0 fully saturated rings. The maximum absolute atomic E-state index is 12.1. The van der Waals surface area contributed by atoms with E-state index in [0.717, 1.165) is 17.8 Å². The van der Waals surface area contributed by atoms with Crippen LogP contribution in [0.3, 0.4) is 0 Å². The van der Waals surface area contributed by atoms with Crippen LogP contribution in [-0.4, -0.2) is 15.6 Å². The third-order valence-electron chi connectivity index (χ3n) is 2.50. The summed E-state index contributed by atoms with van der Waals surface area (Å²) in [5, 5.41) is 6.05. The maximum atomic E-state index is 12.1. The van der Waals surface area contributed by atoms with E-state index < -0.39 is 6.04 Å². The van der Waals surface area contributed by atoms with Gasteiger partial charge in [0.2, 0.25) is 0 Å². The Bertz CT molecular complexity index is 490. The van der Waals surface area contributed by atoms with Gasteiger partial charge in [0.05, 0.1) is 11.8 Å². The molecule has 1 unspecified atom stereocenters. The number of carbonyl (C=O) groups excluding carboxylic acids is 1. The van der Waals surface area contributed by atoms with Gasteiger partial charge in [0.1, 0.15) is 6.04 Å². The quantitative estimate of drug-likeness (QED) is 0.827. The summed E-state index contributed by atoms with van der Waals surface area (Å²) < 4.78 is 1.77. The largest absolute Gasteiger partial charge is 0.317 e. The van der Waals surface area contributed by atoms with E-state index >= 15 is 0 Å². The fourth-order valence-electron chi connectivity index (χ4n) is 1.62. The average Bonchev–Trinajstić information content (AvgIpc) is 2.98. The summed E-state index contributed by atoms with van der Waals surface area (Å²) in [6.45, 7) is 2.89. The normalized spacial score (nSPS) is 12.6. The minimum absolute atomic E-state index is 0.0743. The summed E-state index contributed by atoms with van der Waals surface area (Å²) in [6.07, 6.45) is 4.34. The van der Waals surface area contributed by atoms with Crippen molar-refractivity contribution < 1.29 is 4.79 Å². The Balaban J connectivity index is 2.13. The Kier molecular flexibility index (Phi) is 3.71. The SMILES string of the molecule is CCCn1cc(C(=O)C(N)c2cccs2)cn1. The van der Waals surface area contributed by atoms with Gasteiger partial charge >= 0.3 is 0 Å². The van der Waals surface area contributed by atoms with Crippen LogP contribution in [0.4, 0.5) is 0 Å². The predicted molar refractivity (Wildman–Crippen MR) is 68.1 cm³/mol. The maximum Gasteiger partial charge on any atom is 0.188 e. The van der Waals surface area contributed by atoms with Crippen LogP contribution in [0.2, 0.25) is 0 Å². The van der Waals surface area contributed by atoms with E-state index in [1.807, 2.05) is 17.5 Å². The highest BCUT2D eigenvalue weighted by atomic mass is 32.1. The zero-order valence-electron chi connectivity index (χ0n) is 9.67. The molecule has 0 bridgehead atoms. The van der Waals surface area contributed by atoms with E-state index in [0.29, 0.717) is 5.56 Å². The number of rotatable bonds is 5. The van der Waals surface area contributed by atoms with Crippen molar-refractivity contribution in [2.45, 2.75) is 25.9 Å². The molecule has 2 rings (SSSR count). The van der Waals surface area contributed by atoms with E-state index in [-0.39, 0.29) is 5.78 Å². The van der Waals surface area contributed by atoms with Gasteiger partial charge in [-0.05, 0) is 17.9 Å². The highest BCUT2D eigenvalue weighted by Crippen LogP contribution is 2.20. The number of aryl methyl sites for hydroxylation is 1. The number of thiophene rings is 1. The molecule has 2 aromatic heterocycles. The first-order valence-electron chi connectivity index (χ1n) is 5.58. The first-order valence-corrected chi connectivity index (χ1v) is 6.46. The summed E-state index contributed by atoms with van der Waals surface area (Å²) in [4.78, 5) is 13.0. The average molecular weight is 249 g/mol. The second kappa shape index (κ2) is 5.25. The van der Waals surface area contributed by atoms with Crippen molar-refractivity contribution in [3.8, 4) is 0 Å². The number of Topliss-reactive ketones (excluding diaryl/α,β-unsaturated/α-hetero) is 1. The topological polar surface area (TPSA) is 60.9 Å². The molecule has 2 heterocycles.